The van der Waals surface area contributed by atoms with E-state index < -0.39 is 23.7 Å². The van der Waals surface area contributed by atoms with Crippen molar-refractivity contribution in [3.05, 3.63) is 23.8 Å². The van der Waals surface area contributed by atoms with Crippen LogP contribution in [-0.2, 0) is 5.92 Å². The molecule has 0 radical (unpaired) electrons. The number of para-hydroxylation sites is 1. The van der Waals surface area contributed by atoms with Gasteiger partial charge in [-0.3, -0.25) is 0 Å². The van der Waals surface area contributed by atoms with Crippen molar-refractivity contribution in [2.24, 2.45) is 5.73 Å². The molecule has 0 fully saturated rings. The van der Waals surface area contributed by atoms with Gasteiger partial charge in [0.05, 0.1) is 12.7 Å². The van der Waals surface area contributed by atoms with Gasteiger partial charge in [-0.15, -0.1) is 0 Å². The summed E-state index contributed by atoms with van der Waals surface area (Å²) >= 11 is 0. The van der Waals surface area contributed by atoms with Gasteiger partial charge < -0.3 is 15.6 Å². The molecule has 15 heavy (non-hydrogen) atoms. The summed E-state index contributed by atoms with van der Waals surface area (Å²) in [6.45, 7) is -0.149. The maximum atomic E-state index is 13.4. The number of ether oxygens (including phenoxy) is 1. The number of hydrogen-bond donors (Lipinski definition) is 2. The molecule has 0 aliphatic heterocycles. The topological polar surface area (TPSA) is 55.5 Å². The summed E-state index contributed by atoms with van der Waals surface area (Å²) in [4.78, 5) is 0. The number of nitrogens with two attached hydrogens (primary N) is 1. The number of benzene rings is 1. The Morgan fingerprint density at radius 1 is 1.47 bits per heavy atom. The largest absolute Gasteiger partial charge is 0.504 e. The number of aromatic hydroxyl groups is 1. The minimum Gasteiger partial charge on any atom is -0.504 e. The Hall–Kier alpha value is -1.36. The molecule has 0 saturated carbocycles. The van der Waals surface area contributed by atoms with E-state index >= 15 is 0 Å². The number of rotatable bonds is 4. The van der Waals surface area contributed by atoms with Gasteiger partial charge in [-0.2, -0.15) is 0 Å². The van der Waals surface area contributed by atoms with Crippen LogP contribution >= 0.6 is 0 Å². The Morgan fingerprint density at radius 3 is 2.67 bits per heavy atom. The minimum absolute atomic E-state index is 0.0317. The Kier molecular flexibility index (Phi) is 3.47. The molecule has 0 saturated heterocycles. The molecule has 0 aliphatic rings. The lowest BCUT2D eigenvalue weighted by Crippen LogP contribution is -2.18. The SMILES string of the molecule is COc1cccc(C(F)(F)CCN)c1O. The average molecular weight is 217 g/mol. The van der Waals surface area contributed by atoms with E-state index in [2.05, 4.69) is 0 Å². The number of alkyl halides is 2. The molecule has 0 aliphatic carbocycles. The lowest BCUT2D eigenvalue weighted by molar-refractivity contribution is -0.0130. The minimum atomic E-state index is -3.13. The zero-order chi connectivity index (χ0) is 11.5. The quantitative estimate of drug-likeness (QED) is 0.809. The van der Waals surface area contributed by atoms with Gasteiger partial charge in [0, 0.05) is 6.42 Å². The summed E-state index contributed by atoms with van der Waals surface area (Å²) in [6, 6.07) is 3.98. The van der Waals surface area contributed by atoms with Crippen LogP contribution in [-0.4, -0.2) is 18.8 Å². The van der Waals surface area contributed by atoms with E-state index in [-0.39, 0.29) is 12.3 Å². The maximum Gasteiger partial charge on any atom is 0.278 e. The first-order valence-corrected chi connectivity index (χ1v) is 4.47. The molecule has 0 aromatic heterocycles. The third-order valence-corrected chi connectivity index (χ3v) is 2.07. The maximum absolute atomic E-state index is 13.4. The molecule has 84 valence electrons. The van der Waals surface area contributed by atoms with Crippen molar-refractivity contribution in [2.45, 2.75) is 12.3 Å². The molecule has 1 rings (SSSR count). The van der Waals surface area contributed by atoms with E-state index in [9.17, 15) is 13.9 Å². The predicted octanol–water partition coefficient (Wildman–Crippen LogP) is 1.84. The van der Waals surface area contributed by atoms with Crippen LogP contribution in [0.3, 0.4) is 0 Å². The van der Waals surface area contributed by atoms with Crippen LogP contribution < -0.4 is 10.5 Å². The summed E-state index contributed by atoms with van der Waals surface area (Å²) in [5.74, 6) is -3.63. The number of hydrogen-bond acceptors (Lipinski definition) is 3. The first-order valence-electron chi connectivity index (χ1n) is 4.47. The second-order valence-electron chi connectivity index (χ2n) is 3.10. The zero-order valence-corrected chi connectivity index (χ0v) is 8.34. The number of halogens is 2. The fraction of sp³-hybridized carbons (Fsp3) is 0.400. The van der Waals surface area contributed by atoms with Gasteiger partial charge >= 0.3 is 0 Å². The number of phenolic OH excluding ortho intramolecular Hbond substituents is 1. The first-order chi connectivity index (χ1) is 7.03. The van der Waals surface area contributed by atoms with Crippen molar-refractivity contribution in [3.63, 3.8) is 0 Å². The predicted molar refractivity (Wildman–Crippen MR) is 52.2 cm³/mol. The molecule has 0 atom stereocenters. The van der Waals surface area contributed by atoms with E-state index in [1.54, 1.807) is 0 Å². The Morgan fingerprint density at radius 2 is 2.13 bits per heavy atom. The molecule has 0 spiro atoms. The molecule has 0 amide bonds. The van der Waals surface area contributed by atoms with Crippen LogP contribution in [0.4, 0.5) is 8.78 Å². The van der Waals surface area contributed by atoms with Gasteiger partial charge in [0.25, 0.3) is 5.92 Å². The first kappa shape index (κ1) is 11.7. The second kappa shape index (κ2) is 4.44. The molecule has 1 aromatic carbocycles. The fourth-order valence-corrected chi connectivity index (χ4v) is 1.30. The highest BCUT2D eigenvalue weighted by molar-refractivity contribution is 5.47. The highest BCUT2D eigenvalue weighted by atomic mass is 19.3. The van der Waals surface area contributed by atoms with Gasteiger partial charge in [-0.1, -0.05) is 6.07 Å². The van der Waals surface area contributed by atoms with Crippen molar-refractivity contribution in [2.75, 3.05) is 13.7 Å². The fourth-order valence-electron chi connectivity index (χ4n) is 1.30. The smallest absolute Gasteiger partial charge is 0.278 e. The van der Waals surface area contributed by atoms with Crippen LogP contribution in [0.1, 0.15) is 12.0 Å². The molecule has 3 nitrogen and oxygen atoms in total. The van der Waals surface area contributed by atoms with Crippen LogP contribution in [0.5, 0.6) is 11.5 Å². The van der Waals surface area contributed by atoms with Crippen LogP contribution in [0.25, 0.3) is 0 Å². The van der Waals surface area contributed by atoms with Crippen LogP contribution in [0, 0.1) is 0 Å². The molecule has 0 bridgehead atoms. The van der Waals surface area contributed by atoms with E-state index in [0.29, 0.717) is 0 Å². The molecular weight excluding hydrogens is 204 g/mol. The van der Waals surface area contributed by atoms with Crippen molar-refractivity contribution in [3.8, 4) is 11.5 Å². The van der Waals surface area contributed by atoms with E-state index in [4.69, 9.17) is 10.5 Å². The lowest BCUT2D eigenvalue weighted by atomic mass is 10.0. The van der Waals surface area contributed by atoms with E-state index in [0.717, 1.165) is 6.07 Å². The molecule has 5 heteroatoms. The summed E-state index contributed by atoms with van der Waals surface area (Å²) in [7, 11) is 1.31. The Labute approximate surface area is 86.5 Å². The standard InChI is InChI=1S/C10H13F2NO2/c1-15-8-4-2-3-7(9(8)14)10(11,12)5-6-13/h2-4,14H,5-6,13H2,1H3. The average Bonchev–Trinajstić information content (AvgIpc) is 2.17. The lowest BCUT2D eigenvalue weighted by Gasteiger charge is -2.18. The summed E-state index contributed by atoms with van der Waals surface area (Å²) in [6.07, 6.45) is -0.506. The monoisotopic (exact) mass is 217 g/mol. The van der Waals surface area contributed by atoms with Gasteiger partial charge in [-0.05, 0) is 18.7 Å². The Balaban J connectivity index is 3.14. The normalized spacial score (nSPS) is 11.5. The third kappa shape index (κ3) is 2.36. The van der Waals surface area contributed by atoms with Gasteiger partial charge in [0.2, 0.25) is 0 Å². The highest BCUT2D eigenvalue weighted by Gasteiger charge is 2.34. The van der Waals surface area contributed by atoms with E-state index in [1.165, 1.54) is 19.2 Å². The summed E-state index contributed by atoms with van der Waals surface area (Å²) in [5.41, 5.74) is 4.63. The zero-order valence-electron chi connectivity index (χ0n) is 8.34. The van der Waals surface area contributed by atoms with Gasteiger partial charge in [0.15, 0.2) is 11.5 Å². The van der Waals surface area contributed by atoms with Crippen molar-refractivity contribution in [1.29, 1.82) is 0 Å². The third-order valence-electron chi connectivity index (χ3n) is 2.07. The van der Waals surface area contributed by atoms with Crippen molar-refractivity contribution >= 4 is 0 Å². The number of phenols is 1. The van der Waals surface area contributed by atoms with Crippen molar-refractivity contribution < 1.29 is 18.6 Å². The van der Waals surface area contributed by atoms with Gasteiger partial charge in [0.1, 0.15) is 0 Å². The molecular formula is C10H13F2NO2. The summed E-state index contributed by atoms with van der Waals surface area (Å²) < 4.78 is 31.6. The molecule has 3 N–H and O–H groups in total. The Bertz CT molecular complexity index is 342. The summed E-state index contributed by atoms with van der Waals surface area (Å²) in [5, 5.41) is 9.51. The van der Waals surface area contributed by atoms with Crippen LogP contribution in [0.15, 0.2) is 18.2 Å². The van der Waals surface area contributed by atoms with Crippen molar-refractivity contribution in [1.82, 2.24) is 0 Å². The highest BCUT2D eigenvalue weighted by Crippen LogP contribution is 2.41. The molecule has 0 heterocycles. The van der Waals surface area contributed by atoms with E-state index in [1.807, 2.05) is 0 Å². The molecule has 0 unspecified atom stereocenters. The second-order valence-corrected chi connectivity index (χ2v) is 3.10. The number of methoxy groups -OCH3 is 1. The molecule has 1 aromatic rings. The van der Waals surface area contributed by atoms with Crippen LogP contribution in [0.2, 0.25) is 0 Å². The van der Waals surface area contributed by atoms with Gasteiger partial charge in [-0.25, -0.2) is 8.78 Å².